The number of oxime groups is 1. The van der Waals surface area contributed by atoms with Crippen LogP contribution in [0.15, 0.2) is 47.6 Å². The molecule has 4 heterocycles. The quantitative estimate of drug-likeness (QED) is 0.618. The van der Waals surface area contributed by atoms with Gasteiger partial charge in [-0.25, -0.2) is 0 Å². The summed E-state index contributed by atoms with van der Waals surface area (Å²) in [7, 11) is 3.37. The Morgan fingerprint density at radius 1 is 1.15 bits per heavy atom. The van der Waals surface area contributed by atoms with Crippen molar-refractivity contribution >= 4 is 17.6 Å². The van der Waals surface area contributed by atoms with Crippen LogP contribution in [0.25, 0.3) is 6.08 Å². The molecule has 0 radical (unpaired) electrons. The molecule has 2 bridgehead atoms. The van der Waals surface area contributed by atoms with Gasteiger partial charge < -0.3 is 24.9 Å². The molecule has 1 atom stereocenters. The zero-order chi connectivity index (χ0) is 23.7. The molecule has 180 valence electrons. The van der Waals surface area contributed by atoms with Gasteiger partial charge in [-0.05, 0) is 68.2 Å². The maximum absolute atomic E-state index is 6.39. The van der Waals surface area contributed by atoms with Crippen molar-refractivity contribution in [2.75, 3.05) is 39.6 Å². The van der Waals surface area contributed by atoms with E-state index in [-0.39, 0.29) is 0 Å². The van der Waals surface area contributed by atoms with E-state index in [2.05, 4.69) is 41.0 Å². The number of hydrogen-bond donors (Lipinski definition) is 1. The van der Waals surface area contributed by atoms with Crippen molar-refractivity contribution in [3.63, 3.8) is 0 Å². The normalized spacial score (nSPS) is 25.6. The number of ether oxygens (including phenoxy) is 2. The fourth-order valence-corrected chi connectivity index (χ4v) is 5.47. The van der Waals surface area contributed by atoms with Gasteiger partial charge >= 0.3 is 0 Å². The van der Waals surface area contributed by atoms with Crippen molar-refractivity contribution in [2.45, 2.75) is 38.5 Å². The predicted molar refractivity (Wildman–Crippen MR) is 135 cm³/mol. The van der Waals surface area contributed by atoms with Crippen LogP contribution in [0.5, 0.6) is 11.5 Å². The Balaban J connectivity index is 1.55. The van der Waals surface area contributed by atoms with Crippen molar-refractivity contribution < 1.29 is 14.3 Å². The fourth-order valence-electron chi connectivity index (χ4n) is 5.47. The van der Waals surface area contributed by atoms with Gasteiger partial charge in [0.1, 0.15) is 11.5 Å². The van der Waals surface area contributed by atoms with Crippen LogP contribution in [0.3, 0.4) is 0 Å². The second kappa shape index (κ2) is 9.22. The lowest BCUT2D eigenvalue weighted by molar-refractivity contribution is -0.198. The molecule has 2 N–H and O–H groups in total. The van der Waals surface area contributed by atoms with Crippen molar-refractivity contribution in [1.29, 1.82) is 0 Å². The van der Waals surface area contributed by atoms with Gasteiger partial charge in [0, 0.05) is 28.8 Å². The zero-order valence-corrected chi connectivity index (χ0v) is 20.3. The maximum atomic E-state index is 6.39. The summed E-state index contributed by atoms with van der Waals surface area (Å²) in [6, 6.07) is 12.1. The zero-order valence-electron chi connectivity index (χ0n) is 20.3. The Morgan fingerprint density at radius 3 is 2.65 bits per heavy atom. The summed E-state index contributed by atoms with van der Waals surface area (Å²) in [6.07, 6.45) is 7.39. The van der Waals surface area contributed by atoms with Crippen molar-refractivity contribution in [2.24, 2.45) is 11.1 Å². The van der Waals surface area contributed by atoms with Crippen LogP contribution in [0.2, 0.25) is 0 Å². The second-order valence-corrected chi connectivity index (χ2v) is 9.32. The largest absolute Gasteiger partial charge is 0.497 e. The van der Waals surface area contributed by atoms with Gasteiger partial charge in [0.2, 0.25) is 5.72 Å². The Kier molecular flexibility index (Phi) is 6.13. The Hall–Kier alpha value is -3.19. The smallest absolute Gasteiger partial charge is 0.227 e. The van der Waals surface area contributed by atoms with Crippen molar-refractivity contribution in [3.05, 3.63) is 59.2 Å². The molecule has 1 unspecified atom stereocenters. The minimum absolute atomic E-state index is 0.427. The number of methoxy groups -OCH3 is 2. The topological polar surface area (TPSA) is 72.5 Å². The van der Waals surface area contributed by atoms with E-state index in [1.807, 2.05) is 24.3 Å². The van der Waals surface area contributed by atoms with Gasteiger partial charge in [0.15, 0.2) is 5.84 Å². The molecule has 6 rings (SSSR count). The van der Waals surface area contributed by atoms with Crippen molar-refractivity contribution in [3.8, 4) is 11.5 Å². The first-order valence-electron chi connectivity index (χ1n) is 12.1. The summed E-state index contributed by atoms with van der Waals surface area (Å²) in [6.45, 7) is 5.84. The van der Waals surface area contributed by atoms with E-state index in [9.17, 15) is 0 Å². The third-order valence-corrected chi connectivity index (χ3v) is 7.38. The molecule has 0 amide bonds. The molecule has 3 fully saturated rings. The number of benzene rings is 2. The number of amidine groups is 1. The monoisotopic (exact) mass is 462 g/mol. The number of allylic oxidation sites excluding steroid dienone is 1. The molecule has 0 aliphatic carbocycles. The van der Waals surface area contributed by atoms with E-state index < -0.39 is 5.72 Å². The Bertz CT molecular complexity index is 1110. The average molecular weight is 463 g/mol. The van der Waals surface area contributed by atoms with Crippen LogP contribution >= 0.6 is 0 Å². The summed E-state index contributed by atoms with van der Waals surface area (Å²) < 4.78 is 11.1. The number of nitrogens with two attached hydrogens (primary N) is 1. The molecule has 7 nitrogen and oxygen atoms in total. The highest BCUT2D eigenvalue weighted by atomic mass is 16.7. The van der Waals surface area contributed by atoms with E-state index in [0.29, 0.717) is 12.5 Å². The minimum atomic E-state index is -0.475. The van der Waals surface area contributed by atoms with Crippen LogP contribution in [0.4, 0.5) is 5.69 Å². The summed E-state index contributed by atoms with van der Waals surface area (Å²) in [5, 5.41) is 4.71. The molecular weight excluding hydrogens is 428 g/mol. The molecule has 1 spiro atoms. The molecule has 34 heavy (non-hydrogen) atoms. The fraction of sp³-hybridized carbons (Fsp3) is 0.444. The predicted octanol–water partition coefficient (Wildman–Crippen LogP) is 4.33. The lowest BCUT2D eigenvalue weighted by Crippen LogP contribution is -2.66. The van der Waals surface area contributed by atoms with E-state index >= 15 is 0 Å². The van der Waals surface area contributed by atoms with E-state index in [1.54, 1.807) is 14.2 Å². The van der Waals surface area contributed by atoms with E-state index in [1.165, 1.54) is 0 Å². The lowest BCUT2D eigenvalue weighted by Gasteiger charge is -2.53. The van der Waals surface area contributed by atoms with Gasteiger partial charge in [-0.2, -0.15) is 0 Å². The number of rotatable bonds is 7. The molecule has 0 saturated carbocycles. The van der Waals surface area contributed by atoms with Gasteiger partial charge in [-0.1, -0.05) is 24.2 Å². The molecule has 4 aliphatic rings. The number of anilines is 1. The Morgan fingerprint density at radius 2 is 1.97 bits per heavy atom. The molecule has 4 aliphatic heterocycles. The van der Waals surface area contributed by atoms with Crippen LogP contribution in [-0.4, -0.2) is 55.2 Å². The number of piperidine rings is 3. The SMILES string of the molecule is CC/C=C\c1cc(C2=NOC3(CN4CCC3CC4)N2Cc2ccc(OC)cc2OC)ccc1N. The first-order valence-corrected chi connectivity index (χ1v) is 12.1. The molecule has 2 aromatic carbocycles. The number of nitrogens with zero attached hydrogens (tertiary/aromatic N) is 3. The summed E-state index contributed by atoms with van der Waals surface area (Å²) in [4.78, 5) is 11.2. The van der Waals surface area contributed by atoms with Gasteiger partial charge in [-0.15, -0.1) is 0 Å². The highest BCUT2D eigenvalue weighted by Crippen LogP contribution is 2.45. The number of hydrogen-bond acceptors (Lipinski definition) is 7. The van der Waals surface area contributed by atoms with Crippen LogP contribution in [0, 0.1) is 5.92 Å². The second-order valence-electron chi connectivity index (χ2n) is 9.32. The highest BCUT2D eigenvalue weighted by molar-refractivity contribution is 6.00. The Labute approximate surface area is 201 Å². The third-order valence-electron chi connectivity index (χ3n) is 7.38. The highest BCUT2D eigenvalue weighted by Gasteiger charge is 2.57. The average Bonchev–Trinajstić information content (AvgIpc) is 3.21. The first-order chi connectivity index (χ1) is 16.6. The third kappa shape index (κ3) is 3.88. The summed E-state index contributed by atoms with van der Waals surface area (Å²) in [5.41, 5.74) is 9.62. The van der Waals surface area contributed by atoms with Gasteiger partial charge in [0.25, 0.3) is 0 Å². The molecule has 2 aromatic rings. The summed E-state index contributed by atoms with van der Waals surface area (Å²) >= 11 is 0. The maximum Gasteiger partial charge on any atom is 0.227 e. The van der Waals surface area contributed by atoms with Crippen LogP contribution in [0.1, 0.15) is 42.9 Å². The molecular formula is C27H34N4O3. The number of fused-ring (bicyclic) bond motifs is 2. The molecule has 0 aromatic heterocycles. The van der Waals surface area contributed by atoms with E-state index in [4.69, 9.17) is 25.2 Å². The van der Waals surface area contributed by atoms with Gasteiger partial charge in [0.05, 0.1) is 27.3 Å². The van der Waals surface area contributed by atoms with E-state index in [0.717, 1.165) is 78.6 Å². The van der Waals surface area contributed by atoms with Crippen LogP contribution in [-0.2, 0) is 11.4 Å². The van der Waals surface area contributed by atoms with Crippen LogP contribution < -0.4 is 15.2 Å². The van der Waals surface area contributed by atoms with Gasteiger partial charge in [-0.3, -0.25) is 4.90 Å². The standard InChI is InChI=1S/C27H34N4O3/c1-4-5-6-19-15-20(8-10-24(19)28)26-29-34-27(18-30-13-11-22(27)12-14-30)31(26)17-21-7-9-23(32-2)16-25(21)33-3/h5-10,15-16,22H,4,11-14,17-18,28H2,1-3H3/b6-5-. The molecule has 7 heteroatoms. The molecule has 3 saturated heterocycles. The van der Waals surface area contributed by atoms with Crippen molar-refractivity contribution in [1.82, 2.24) is 9.80 Å². The minimum Gasteiger partial charge on any atom is -0.497 e. The first kappa shape index (κ1) is 22.6. The lowest BCUT2D eigenvalue weighted by atomic mass is 9.79. The summed E-state index contributed by atoms with van der Waals surface area (Å²) in [5.74, 6) is 2.84. The number of nitrogen functional groups attached to an aromatic ring is 1.